The van der Waals surface area contributed by atoms with Gasteiger partial charge in [0.25, 0.3) is 0 Å². The Morgan fingerprint density at radius 1 is 1.19 bits per heavy atom. The van der Waals surface area contributed by atoms with Crippen molar-refractivity contribution in [3.8, 4) is 11.5 Å². The molecule has 1 aromatic carbocycles. The molecule has 0 saturated carbocycles. The Balaban J connectivity index is 2.97. The van der Waals surface area contributed by atoms with Gasteiger partial charge in [-0.3, -0.25) is 0 Å². The molecule has 90 valence electrons. The lowest BCUT2D eigenvalue weighted by Gasteiger charge is -2.18. The Morgan fingerprint density at radius 3 is 2.19 bits per heavy atom. The third-order valence-corrected chi connectivity index (χ3v) is 2.56. The van der Waals surface area contributed by atoms with Crippen LogP contribution in [0.15, 0.2) is 18.2 Å². The summed E-state index contributed by atoms with van der Waals surface area (Å²) in [6.45, 7) is 0.644. The number of benzene rings is 1. The van der Waals surface area contributed by atoms with Gasteiger partial charge in [-0.05, 0) is 31.5 Å². The standard InChI is InChI=1S/C12H20N2O2/c1-15-10-6-3-7-11(16-2)12(10)9(14)5-4-8-13/h3,6-7,9H,4-5,8,13-14H2,1-2H3/t9-/m0/s1. The van der Waals surface area contributed by atoms with E-state index >= 15 is 0 Å². The lowest BCUT2D eigenvalue weighted by molar-refractivity contribution is 0.376. The largest absolute Gasteiger partial charge is 0.496 e. The van der Waals surface area contributed by atoms with E-state index in [9.17, 15) is 0 Å². The van der Waals surface area contributed by atoms with Crippen LogP contribution in [0.1, 0.15) is 24.4 Å². The summed E-state index contributed by atoms with van der Waals surface area (Å²) < 4.78 is 10.6. The average molecular weight is 224 g/mol. The summed E-state index contributed by atoms with van der Waals surface area (Å²) >= 11 is 0. The summed E-state index contributed by atoms with van der Waals surface area (Å²) in [5.74, 6) is 1.53. The maximum Gasteiger partial charge on any atom is 0.127 e. The lowest BCUT2D eigenvalue weighted by Crippen LogP contribution is -2.14. The molecule has 4 heteroatoms. The van der Waals surface area contributed by atoms with Crippen LogP contribution in [0.5, 0.6) is 11.5 Å². The second-order valence-corrected chi connectivity index (χ2v) is 3.61. The van der Waals surface area contributed by atoms with Crippen LogP contribution >= 0.6 is 0 Å². The van der Waals surface area contributed by atoms with Crippen LogP contribution in [0.2, 0.25) is 0 Å². The van der Waals surface area contributed by atoms with Crippen LogP contribution in [0, 0.1) is 0 Å². The molecule has 1 aromatic rings. The minimum atomic E-state index is -0.102. The summed E-state index contributed by atoms with van der Waals surface area (Å²) in [4.78, 5) is 0. The molecule has 0 fully saturated rings. The highest BCUT2D eigenvalue weighted by atomic mass is 16.5. The SMILES string of the molecule is COc1cccc(OC)c1[C@@H](N)CCCN. The molecule has 0 radical (unpaired) electrons. The predicted molar refractivity (Wildman–Crippen MR) is 64.8 cm³/mol. The van der Waals surface area contributed by atoms with Gasteiger partial charge in [-0.25, -0.2) is 0 Å². The smallest absolute Gasteiger partial charge is 0.127 e. The van der Waals surface area contributed by atoms with E-state index in [0.717, 1.165) is 29.9 Å². The van der Waals surface area contributed by atoms with Gasteiger partial charge in [0.15, 0.2) is 0 Å². The molecule has 4 N–H and O–H groups in total. The molecule has 0 aliphatic carbocycles. The summed E-state index contributed by atoms with van der Waals surface area (Å²) in [6.07, 6.45) is 1.72. The van der Waals surface area contributed by atoms with Gasteiger partial charge in [0.05, 0.1) is 19.8 Å². The van der Waals surface area contributed by atoms with Gasteiger partial charge in [0, 0.05) is 6.04 Å². The van der Waals surface area contributed by atoms with Gasteiger partial charge in [0.2, 0.25) is 0 Å². The Hall–Kier alpha value is -1.26. The van der Waals surface area contributed by atoms with Crippen molar-refractivity contribution in [3.05, 3.63) is 23.8 Å². The number of hydrogen-bond acceptors (Lipinski definition) is 4. The van der Waals surface area contributed by atoms with Gasteiger partial charge >= 0.3 is 0 Å². The number of methoxy groups -OCH3 is 2. The molecular weight excluding hydrogens is 204 g/mol. The van der Waals surface area contributed by atoms with E-state index in [0.29, 0.717) is 6.54 Å². The van der Waals surface area contributed by atoms with Crippen LogP contribution in [0.4, 0.5) is 0 Å². The zero-order valence-corrected chi connectivity index (χ0v) is 9.90. The minimum Gasteiger partial charge on any atom is -0.496 e. The molecule has 0 aliphatic rings. The molecule has 1 rings (SSSR count). The Morgan fingerprint density at radius 2 is 1.75 bits per heavy atom. The van der Waals surface area contributed by atoms with Crippen LogP contribution in [0.3, 0.4) is 0 Å². The monoisotopic (exact) mass is 224 g/mol. The molecule has 16 heavy (non-hydrogen) atoms. The second-order valence-electron chi connectivity index (χ2n) is 3.61. The van der Waals surface area contributed by atoms with E-state index in [1.807, 2.05) is 18.2 Å². The van der Waals surface area contributed by atoms with Crippen molar-refractivity contribution >= 4 is 0 Å². The van der Waals surface area contributed by atoms with Crippen molar-refractivity contribution in [2.75, 3.05) is 20.8 Å². The molecule has 0 spiro atoms. The highest BCUT2D eigenvalue weighted by Crippen LogP contribution is 2.34. The zero-order valence-electron chi connectivity index (χ0n) is 9.90. The minimum absolute atomic E-state index is 0.102. The third-order valence-electron chi connectivity index (χ3n) is 2.56. The fourth-order valence-corrected chi connectivity index (χ4v) is 1.73. The Kier molecular flexibility index (Phi) is 5.08. The molecule has 0 heterocycles. The molecule has 1 atom stereocenters. The van der Waals surface area contributed by atoms with Gasteiger partial charge in [-0.1, -0.05) is 6.07 Å². The van der Waals surface area contributed by atoms with E-state index < -0.39 is 0 Å². The van der Waals surface area contributed by atoms with Crippen molar-refractivity contribution in [2.24, 2.45) is 11.5 Å². The van der Waals surface area contributed by atoms with Gasteiger partial charge in [0.1, 0.15) is 11.5 Å². The molecule has 0 saturated heterocycles. The van der Waals surface area contributed by atoms with E-state index in [-0.39, 0.29) is 6.04 Å². The van der Waals surface area contributed by atoms with Crippen LogP contribution in [-0.2, 0) is 0 Å². The van der Waals surface area contributed by atoms with Gasteiger partial charge < -0.3 is 20.9 Å². The Labute approximate surface area is 96.5 Å². The van der Waals surface area contributed by atoms with E-state index in [1.54, 1.807) is 14.2 Å². The molecule has 0 amide bonds. The first-order valence-electron chi connectivity index (χ1n) is 5.41. The maximum atomic E-state index is 6.12. The summed E-state index contributed by atoms with van der Waals surface area (Å²) in [5, 5.41) is 0. The van der Waals surface area contributed by atoms with E-state index in [2.05, 4.69) is 0 Å². The number of nitrogens with two attached hydrogens (primary N) is 2. The fourth-order valence-electron chi connectivity index (χ4n) is 1.73. The van der Waals surface area contributed by atoms with E-state index in [4.69, 9.17) is 20.9 Å². The third kappa shape index (κ3) is 2.87. The van der Waals surface area contributed by atoms with E-state index in [1.165, 1.54) is 0 Å². The predicted octanol–water partition coefficient (Wildman–Crippen LogP) is 1.44. The van der Waals surface area contributed by atoms with Gasteiger partial charge in [-0.2, -0.15) is 0 Å². The highest BCUT2D eigenvalue weighted by Gasteiger charge is 2.16. The molecule has 0 aliphatic heterocycles. The van der Waals surface area contributed by atoms with Crippen molar-refractivity contribution in [1.82, 2.24) is 0 Å². The fraction of sp³-hybridized carbons (Fsp3) is 0.500. The lowest BCUT2D eigenvalue weighted by atomic mass is 10.0. The number of hydrogen-bond donors (Lipinski definition) is 2. The molecule has 0 aromatic heterocycles. The quantitative estimate of drug-likeness (QED) is 0.767. The summed E-state index contributed by atoms with van der Waals surface area (Å²) in [7, 11) is 3.27. The first-order valence-corrected chi connectivity index (χ1v) is 5.41. The topological polar surface area (TPSA) is 70.5 Å². The van der Waals surface area contributed by atoms with Crippen LogP contribution in [-0.4, -0.2) is 20.8 Å². The van der Waals surface area contributed by atoms with Crippen molar-refractivity contribution in [1.29, 1.82) is 0 Å². The van der Waals surface area contributed by atoms with Crippen molar-refractivity contribution < 1.29 is 9.47 Å². The van der Waals surface area contributed by atoms with Crippen LogP contribution < -0.4 is 20.9 Å². The Bertz CT molecular complexity index is 307. The molecule has 0 unspecified atom stereocenters. The molecule has 4 nitrogen and oxygen atoms in total. The maximum absolute atomic E-state index is 6.12. The van der Waals surface area contributed by atoms with Crippen molar-refractivity contribution in [2.45, 2.75) is 18.9 Å². The summed E-state index contributed by atoms with van der Waals surface area (Å²) in [5.41, 5.74) is 12.5. The van der Waals surface area contributed by atoms with Gasteiger partial charge in [-0.15, -0.1) is 0 Å². The highest BCUT2D eigenvalue weighted by molar-refractivity contribution is 5.46. The normalized spacial score (nSPS) is 12.2. The van der Waals surface area contributed by atoms with Crippen molar-refractivity contribution in [3.63, 3.8) is 0 Å². The first kappa shape index (κ1) is 12.8. The average Bonchev–Trinajstić information content (AvgIpc) is 2.34. The molecule has 0 bridgehead atoms. The number of ether oxygens (including phenoxy) is 2. The zero-order chi connectivity index (χ0) is 12.0. The number of rotatable bonds is 6. The first-order chi connectivity index (χ1) is 7.74. The summed E-state index contributed by atoms with van der Waals surface area (Å²) in [6, 6.07) is 5.56. The molecular formula is C12H20N2O2. The second kappa shape index (κ2) is 6.35. The van der Waals surface area contributed by atoms with Crippen LogP contribution in [0.25, 0.3) is 0 Å².